The molecule has 1 saturated heterocycles. The molecule has 0 amide bonds. The highest BCUT2D eigenvalue weighted by Gasteiger charge is 2.39. The zero-order chi connectivity index (χ0) is 11.6. The summed E-state index contributed by atoms with van der Waals surface area (Å²) in [4.78, 5) is 2.03. The van der Waals surface area contributed by atoms with Crippen molar-refractivity contribution in [2.75, 3.05) is 13.1 Å². The van der Waals surface area contributed by atoms with Crippen LogP contribution in [0.5, 0.6) is 0 Å². The Kier molecular flexibility index (Phi) is 2.95. The Hall–Kier alpha value is -1.37. The highest BCUT2D eigenvalue weighted by atomic mass is 16.3. The molecule has 1 aliphatic rings. The van der Waals surface area contributed by atoms with Crippen LogP contribution in [0.4, 0.5) is 0 Å². The van der Waals surface area contributed by atoms with Gasteiger partial charge in [-0.15, -0.1) is 0 Å². The van der Waals surface area contributed by atoms with Crippen molar-refractivity contribution in [1.29, 1.82) is 5.26 Å². The van der Waals surface area contributed by atoms with Crippen molar-refractivity contribution in [2.24, 2.45) is 0 Å². The maximum absolute atomic E-state index is 9.29. The number of aliphatic hydroxyl groups excluding tert-OH is 1. The molecule has 1 heterocycles. The number of rotatable bonds is 3. The molecule has 0 saturated carbocycles. The molecule has 1 N–H and O–H groups in total. The van der Waals surface area contributed by atoms with Crippen molar-refractivity contribution in [3.63, 3.8) is 0 Å². The first-order valence-electron chi connectivity index (χ1n) is 5.52. The number of likely N-dealkylation sites (tertiary alicyclic amines) is 1. The molecule has 1 atom stereocenters. The van der Waals surface area contributed by atoms with Gasteiger partial charge in [0.1, 0.15) is 5.54 Å². The summed E-state index contributed by atoms with van der Waals surface area (Å²) in [7, 11) is 0. The van der Waals surface area contributed by atoms with Crippen LogP contribution in [0.25, 0.3) is 0 Å². The van der Waals surface area contributed by atoms with Gasteiger partial charge in [-0.2, -0.15) is 5.26 Å². The van der Waals surface area contributed by atoms with Gasteiger partial charge >= 0.3 is 0 Å². The summed E-state index contributed by atoms with van der Waals surface area (Å²) < 4.78 is 0. The summed E-state index contributed by atoms with van der Waals surface area (Å²) in [5, 5.41) is 18.6. The van der Waals surface area contributed by atoms with Crippen LogP contribution in [-0.4, -0.2) is 34.7 Å². The standard InChI is InChI=1S/C13H16N2O/c1-13(10-14,15-8-12(16)9-15)7-11-5-3-2-4-6-11/h2-6,12,16H,7-9H2,1H3. The highest BCUT2D eigenvalue weighted by molar-refractivity contribution is 5.22. The van der Waals surface area contributed by atoms with Gasteiger partial charge in [0.25, 0.3) is 0 Å². The Bertz CT molecular complexity index is 392. The molecule has 1 aromatic rings. The Morgan fingerprint density at radius 3 is 2.56 bits per heavy atom. The number of benzene rings is 1. The van der Waals surface area contributed by atoms with E-state index in [2.05, 4.69) is 6.07 Å². The zero-order valence-corrected chi connectivity index (χ0v) is 9.43. The van der Waals surface area contributed by atoms with E-state index in [0.717, 1.165) is 5.56 Å². The van der Waals surface area contributed by atoms with Gasteiger partial charge in [0, 0.05) is 19.5 Å². The summed E-state index contributed by atoms with van der Waals surface area (Å²) in [6, 6.07) is 12.4. The average molecular weight is 216 g/mol. The summed E-state index contributed by atoms with van der Waals surface area (Å²) in [5.41, 5.74) is 0.661. The van der Waals surface area contributed by atoms with E-state index in [1.807, 2.05) is 42.2 Å². The molecular weight excluding hydrogens is 200 g/mol. The number of hydrogen-bond donors (Lipinski definition) is 1. The summed E-state index contributed by atoms with van der Waals surface area (Å²) in [6.07, 6.45) is 0.445. The van der Waals surface area contributed by atoms with E-state index in [1.54, 1.807) is 0 Å². The first-order valence-corrected chi connectivity index (χ1v) is 5.52. The molecule has 1 aliphatic heterocycles. The third kappa shape index (κ3) is 2.08. The third-order valence-electron chi connectivity index (χ3n) is 3.19. The molecule has 16 heavy (non-hydrogen) atoms. The van der Waals surface area contributed by atoms with Crippen molar-refractivity contribution in [3.8, 4) is 6.07 Å². The minimum atomic E-state index is -0.499. The molecule has 1 fully saturated rings. The van der Waals surface area contributed by atoms with Crippen LogP contribution in [0.15, 0.2) is 30.3 Å². The molecule has 1 aromatic carbocycles. The molecular formula is C13H16N2O. The first-order chi connectivity index (χ1) is 7.64. The van der Waals surface area contributed by atoms with Gasteiger partial charge in [-0.05, 0) is 12.5 Å². The zero-order valence-electron chi connectivity index (χ0n) is 9.43. The van der Waals surface area contributed by atoms with Gasteiger partial charge in [0.15, 0.2) is 0 Å². The second kappa shape index (κ2) is 4.25. The van der Waals surface area contributed by atoms with Crippen LogP contribution < -0.4 is 0 Å². The van der Waals surface area contributed by atoms with Gasteiger partial charge < -0.3 is 5.11 Å². The van der Waals surface area contributed by atoms with Gasteiger partial charge in [-0.3, -0.25) is 4.90 Å². The lowest BCUT2D eigenvalue weighted by molar-refractivity contribution is -0.0419. The lowest BCUT2D eigenvalue weighted by Crippen LogP contribution is -2.61. The first kappa shape index (κ1) is 11.1. The fourth-order valence-corrected chi connectivity index (χ4v) is 2.07. The molecule has 0 radical (unpaired) electrons. The Balaban J connectivity index is 2.09. The molecule has 1 unspecified atom stereocenters. The number of nitriles is 1. The van der Waals surface area contributed by atoms with Crippen LogP contribution in [0.1, 0.15) is 12.5 Å². The predicted molar refractivity (Wildman–Crippen MR) is 61.7 cm³/mol. The fraction of sp³-hybridized carbons (Fsp3) is 0.462. The number of β-amino-alcohol motifs (C(OH)–C–C–N with tert-alkyl or cyclic N) is 1. The normalized spacial score (nSPS) is 20.8. The smallest absolute Gasteiger partial charge is 0.110 e. The van der Waals surface area contributed by atoms with Crippen molar-refractivity contribution < 1.29 is 5.11 Å². The van der Waals surface area contributed by atoms with Gasteiger partial charge in [-0.25, -0.2) is 0 Å². The number of nitrogens with zero attached hydrogens (tertiary/aromatic N) is 2. The molecule has 0 aliphatic carbocycles. The quantitative estimate of drug-likeness (QED) is 0.825. The number of aliphatic hydroxyl groups is 1. The molecule has 84 valence electrons. The monoisotopic (exact) mass is 216 g/mol. The summed E-state index contributed by atoms with van der Waals surface area (Å²) in [5.74, 6) is 0. The van der Waals surface area contributed by atoms with Crippen LogP contribution in [0.2, 0.25) is 0 Å². The SMILES string of the molecule is CC(C#N)(Cc1ccccc1)N1CC(O)C1. The van der Waals surface area contributed by atoms with Crippen LogP contribution in [0, 0.1) is 11.3 Å². The topological polar surface area (TPSA) is 47.3 Å². The molecule has 3 nitrogen and oxygen atoms in total. The van der Waals surface area contributed by atoms with Gasteiger partial charge in [-0.1, -0.05) is 30.3 Å². The third-order valence-corrected chi connectivity index (χ3v) is 3.19. The van der Waals surface area contributed by atoms with E-state index in [4.69, 9.17) is 0 Å². The van der Waals surface area contributed by atoms with E-state index in [9.17, 15) is 10.4 Å². The molecule has 3 heteroatoms. The van der Waals surface area contributed by atoms with Gasteiger partial charge in [0.2, 0.25) is 0 Å². The molecule has 2 rings (SSSR count). The second-order valence-electron chi connectivity index (χ2n) is 4.61. The van der Waals surface area contributed by atoms with E-state index in [0.29, 0.717) is 19.5 Å². The Morgan fingerprint density at radius 2 is 2.06 bits per heavy atom. The maximum Gasteiger partial charge on any atom is 0.110 e. The number of hydrogen-bond acceptors (Lipinski definition) is 3. The van der Waals surface area contributed by atoms with Crippen molar-refractivity contribution in [2.45, 2.75) is 25.0 Å². The van der Waals surface area contributed by atoms with E-state index in [-0.39, 0.29) is 6.10 Å². The highest BCUT2D eigenvalue weighted by Crippen LogP contribution is 2.25. The van der Waals surface area contributed by atoms with Crippen molar-refractivity contribution in [1.82, 2.24) is 4.90 Å². The van der Waals surface area contributed by atoms with Crippen LogP contribution in [-0.2, 0) is 6.42 Å². The largest absolute Gasteiger partial charge is 0.390 e. The summed E-state index contributed by atoms with van der Waals surface area (Å²) >= 11 is 0. The van der Waals surface area contributed by atoms with Crippen molar-refractivity contribution in [3.05, 3.63) is 35.9 Å². The lowest BCUT2D eigenvalue weighted by atomic mass is 9.89. The molecule has 0 spiro atoms. The molecule has 0 bridgehead atoms. The minimum absolute atomic E-state index is 0.261. The maximum atomic E-state index is 9.29. The summed E-state index contributed by atoms with van der Waals surface area (Å²) in [6.45, 7) is 3.15. The van der Waals surface area contributed by atoms with Gasteiger partial charge in [0.05, 0.1) is 12.2 Å². The fourth-order valence-electron chi connectivity index (χ4n) is 2.07. The second-order valence-corrected chi connectivity index (χ2v) is 4.61. The van der Waals surface area contributed by atoms with Crippen LogP contribution >= 0.6 is 0 Å². The minimum Gasteiger partial charge on any atom is -0.390 e. The average Bonchev–Trinajstić information content (AvgIpc) is 2.26. The predicted octanol–water partition coefficient (Wildman–Crippen LogP) is 1.19. The van der Waals surface area contributed by atoms with Crippen LogP contribution in [0.3, 0.4) is 0 Å². The Labute approximate surface area is 95.9 Å². The van der Waals surface area contributed by atoms with Crippen molar-refractivity contribution >= 4 is 0 Å². The van der Waals surface area contributed by atoms with E-state index in [1.165, 1.54) is 0 Å². The van der Waals surface area contributed by atoms with E-state index < -0.39 is 5.54 Å². The lowest BCUT2D eigenvalue weighted by Gasteiger charge is -2.45. The Morgan fingerprint density at radius 1 is 1.44 bits per heavy atom. The van der Waals surface area contributed by atoms with E-state index >= 15 is 0 Å². The molecule has 0 aromatic heterocycles.